The Morgan fingerprint density at radius 3 is 2.63 bits per heavy atom. The minimum Gasteiger partial charge on any atom is -0.493 e. The monoisotopic (exact) mass is 400 g/mol. The Morgan fingerprint density at radius 2 is 1.87 bits per heavy atom. The van der Waals surface area contributed by atoms with E-state index >= 15 is 0 Å². The normalized spacial score (nSPS) is 11.1. The molecular weight excluding hydrogens is 376 g/mol. The molecule has 0 aliphatic heterocycles. The predicted molar refractivity (Wildman–Crippen MR) is 119 cm³/mol. The standard InChI is InChI=1S/C25H24N2O3/c1-16(2)15-29-21-6-4-5-19(13-21)24(28)26-20-11-12-23-22(14-20)27-25(30-23)18-9-7-17(3)8-10-18/h4-14,16H,15H2,1-3H3,(H,26,28). The summed E-state index contributed by atoms with van der Waals surface area (Å²) in [5.41, 5.74) is 4.66. The number of rotatable bonds is 6. The number of hydrogen-bond donors (Lipinski definition) is 1. The number of benzene rings is 3. The Morgan fingerprint density at radius 1 is 1.07 bits per heavy atom. The van der Waals surface area contributed by atoms with Crippen molar-refractivity contribution in [3.63, 3.8) is 0 Å². The number of anilines is 1. The lowest BCUT2D eigenvalue weighted by atomic mass is 10.1. The third-order valence-corrected chi connectivity index (χ3v) is 4.62. The number of carbonyl (C=O) groups excluding carboxylic acids is 1. The van der Waals surface area contributed by atoms with E-state index in [1.54, 1.807) is 12.1 Å². The third-order valence-electron chi connectivity index (χ3n) is 4.62. The minimum atomic E-state index is -0.202. The van der Waals surface area contributed by atoms with Gasteiger partial charge in [-0.1, -0.05) is 37.6 Å². The molecule has 0 radical (unpaired) electrons. The summed E-state index contributed by atoms with van der Waals surface area (Å²) in [5, 5.41) is 2.92. The molecule has 0 saturated heterocycles. The molecule has 1 N–H and O–H groups in total. The van der Waals surface area contributed by atoms with Crippen molar-refractivity contribution in [2.75, 3.05) is 11.9 Å². The lowest BCUT2D eigenvalue weighted by molar-refractivity contribution is 0.102. The summed E-state index contributed by atoms with van der Waals surface area (Å²) in [6.07, 6.45) is 0. The minimum absolute atomic E-state index is 0.202. The van der Waals surface area contributed by atoms with Crippen LogP contribution in [0.15, 0.2) is 71.1 Å². The highest BCUT2D eigenvalue weighted by Gasteiger charge is 2.12. The second-order valence-corrected chi connectivity index (χ2v) is 7.75. The number of nitrogens with zero attached hydrogens (tertiary/aromatic N) is 1. The molecule has 0 atom stereocenters. The zero-order valence-corrected chi connectivity index (χ0v) is 17.3. The van der Waals surface area contributed by atoms with Crippen LogP contribution >= 0.6 is 0 Å². The SMILES string of the molecule is Cc1ccc(-c2nc3cc(NC(=O)c4cccc(OCC(C)C)c4)ccc3o2)cc1. The summed E-state index contributed by atoms with van der Waals surface area (Å²) in [6.45, 7) is 6.82. The lowest BCUT2D eigenvalue weighted by Gasteiger charge is -2.10. The van der Waals surface area contributed by atoms with Crippen LogP contribution in [0.5, 0.6) is 5.75 Å². The maximum absolute atomic E-state index is 12.7. The fourth-order valence-corrected chi connectivity index (χ4v) is 3.02. The molecule has 0 fully saturated rings. The number of aryl methyl sites for hydroxylation is 1. The highest BCUT2D eigenvalue weighted by molar-refractivity contribution is 6.05. The van der Waals surface area contributed by atoms with Crippen molar-refractivity contribution in [3.05, 3.63) is 77.9 Å². The molecule has 0 spiro atoms. The fourth-order valence-electron chi connectivity index (χ4n) is 3.02. The molecule has 0 aliphatic rings. The number of fused-ring (bicyclic) bond motifs is 1. The number of carbonyl (C=O) groups is 1. The van der Waals surface area contributed by atoms with Crippen LogP contribution in [0.25, 0.3) is 22.6 Å². The number of oxazole rings is 1. The van der Waals surface area contributed by atoms with E-state index in [1.165, 1.54) is 5.56 Å². The second-order valence-electron chi connectivity index (χ2n) is 7.75. The second kappa shape index (κ2) is 8.41. The van der Waals surface area contributed by atoms with Gasteiger partial charge in [-0.2, -0.15) is 0 Å². The van der Waals surface area contributed by atoms with Crippen molar-refractivity contribution in [1.29, 1.82) is 0 Å². The molecule has 4 aromatic rings. The molecule has 5 heteroatoms. The van der Waals surface area contributed by atoms with Crippen LogP contribution in [0.4, 0.5) is 5.69 Å². The summed E-state index contributed by atoms with van der Waals surface area (Å²) in [4.78, 5) is 17.3. The first kappa shape index (κ1) is 19.7. The molecule has 4 rings (SSSR count). The van der Waals surface area contributed by atoms with Gasteiger partial charge in [-0.05, 0) is 61.4 Å². The van der Waals surface area contributed by atoms with Gasteiger partial charge in [-0.25, -0.2) is 4.98 Å². The van der Waals surface area contributed by atoms with Gasteiger partial charge in [0.15, 0.2) is 5.58 Å². The Hall–Kier alpha value is -3.60. The van der Waals surface area contributed by atoms with Crippen molar-refractivity contribution in [1.82, 2.24) is 4.98 Å². The molecule has 152 valence electrons. The van der Waals surface area contributed by atoms with Crippen LogP contribution in [0.3, 0.4) is 0 Å². The highest BCUT2D eigenvalue weighted by Crippen LogP contribution is 2.27. The van der Waals surface area contributed by atoms with Crippen LogP contribution in [0.1, 0.15) is 29.8 Å². The maximum atomic E-state index is 12.7. The predicted octanol–water partition coefficient (Wildman–Crippen LogP) is 6.09. The summed E-state index contributed by atoms with van der Waals surface area (Å²) < 4.78 is 11.6. The first-order chi connectivity index (χ1) is 14.5. The lowest BCUT2D eigenvalue weighted by Crippen LogP contribution is -2.12. The van der Waals surface area contributed by atoms with Gasteiger partial charge in [-0.3, -0.25) is 4.79 Å². The molecule has 0 saturated carbocycles. The topological polar surface area (TPSA) is 64.4 Å². The number of nitrogens with one attached hydrogen (secondary N) is 1. The van der Waals surface area contributed by atoms with E-state index in [2.05, 4.69) is 24.1 Å². The van der Waals surface area contributed by atoms with Gasteiger partial charge < -0.3 is 14.5 Å². The number of ether oxygens (including phenoxy) is 1. The third kappa shape index (κ3) is 4.51. The molecule has 1 amide bonds. The first-order valence-corrected chi connectivity index (χ1v) is 10.00. The molecule has 0 bridgehead atoms. The first-order valence-electron chi connectivity index (χ1n) is 10.00. The summed E-state index contributed by atoms with van der Waals surface area (Å²) in [5.74, 6) is 1.46. The van der Waals surface area contributed by atoms with Gasteiger partial charge in [0.25, 0.3) is 5.91 Å². The van der Waals surface area contributed by atoms with E-state index in [0.29, 0.717) is 46.5 Å². The smallest absolute Gasteiger partial charge is 0.255 e. The van der Waals surface area contributed by atoms with Gasteiger partial charge in [0.1, 0.15) is 11.3 Å². The van der Waals surface area contributed by atoms with E-state index in [1.807, 2.05) is 61.5 Å². The van der Waals surface area contributed by atoms with E-state index in [-0.39, 0.29) is 5.91 Å². The average molecular weight is 400 g/mol. The Balaban J connectivity index is 1.52. The van der Waals surface area contributed by atoms with Gasteiger partial charge in [0, 0.05) is 16.8 Å². The van der Waals surface area contributed by atoms with Crippen LogP contribution in [0.2, 0.25) is 0 Å². The summed E-state index contributed by atoms with van der Waals surface area (Å²) in [7, 11) is 0. The molecule has 30 heavy (non-hydrogen) atoms. The molecule has 0 aliphatic carbocycles. The van der Waals surface area contributed by atoms with Crippen molar-refractivity contribution >= 4 is 22.7 Å². The van der Waals surface area contributed by atoms with Crippen LogP contribution < -0.4 is 10.1 Å². The average Bonchev–Trinajstić information content (AvgIpc) is 3.16. The highest BCUT2D eigenvalue weighted by atomic mass is 16.5. The van der Waals surface area contributed by atoms with Gasteiger partial charge in [-0.15, -0.1) is 0 Å². The molecular formula is C25H24N2O3. The molecule has 0 unspecified atom stereocenters. The van der Waals surface area contributed by atoms with Crippen LogP contribution in [0, 0.1) is 12.8 Å². The number of aromatic nitrogens is 1. The van der Waals surface area contributed by atoms with Gasteiger partial charge >= 0.3 is 0 Å². The zero-order valence-electron chi connectivity index (χ0n) is 17.3. The van der Waals surface area contributed by atoms with Crippen molar-refractivity contribution in [3.8, 4) is 17.2 Å². The molecule has 1 heterocycles. The largest absolute Gasteiger partial charge is 0.493 e. The van der Waals surface area contributed by atoms with E-state index in [9.17, 15) is 4.79 Å². The van der Waals surface area contributed by atoms with E-state index < -0.39 is 0 Å². The summed E-state index contributed by atoms with van der Waals surface area (Å²) in [6, 6.07) is 20.6. The van der Waals surface area contributed by atoms with Crippen molar-refractivity contribution in [2.24, 2.45) is 5.92 Å². The van der Waals surface area contributed by atoms with E-state index in [4.69, 9.17) is 9.15 Å². The summed E-state index contributed by atoms with van der Waals surface area (Å²) >= 11 is 0. The van der Waals surface area contributed by atoms with E-state index in [0.717, 1.165) is 5.56 Å². The molecule has 1 aromatic heterocycles. The van der Waals surface area contributed by atoms with Gasteiger partial charge in [0.2, 0.25) is 5.89 Å². The Labute approximate surface area is 175 Å². The zero-order chi connectivity index (χ0) is 21.1. The van der Waals surface area contributed by atoms with Crippen LogP contribution in [-0.2, 0) is 0 Å². The van der Waals surface area contributed by atoms with Gasteiger partial charge in [0.05, 0.1) is 6.61 Å². The number of hydrogen-bond acceptors (Lipinski definition) is 4. The van der Waals surface area contributed by atoms with Crippen molar-refractivity contribution in [2.45, 2.75) is 20.8 Å². The van der Waals surface area contributed by atoms with Crippen molar-refractivity contribution < 1.29 is 13.9 Å². The van der Waals surface area contributed by atoms with Crippen LogP contribution in [-0.4, -0.2) is 17.5 Å². The Kier molecular flexibility index (Phi) is 5.53. The maximum Gasteiger partial charge on any atom is 0.255 e. The molecule has 3 aromatic carbocycles. The Bertz CT molecular complexity index is 1180. The molecule has 5 nitrogen and oxygen atoms in total. The number of amides is 1. The quantitative estimate of drug-likeness (QED) is 0.425. The fraction of sp³-hybridized carbons (Fsp3) is 0.200.